The van der Waals surface area contributed by atoms with E-state index in [1.165, 1.54) is 0 Å². The quantitative estimate of drug-likeness (QED) is 0.902. The summed E-state index contributed by atoms with van der Waals surface area (Å²) >= 11 is 0. The molecule has 0 heterocycles. The fourth-order valence-corrected chi connectivity index (χ4v) is 2.28. The van der Waals surface area contributed by atoms with E-state index in [0.29, 0.717) is 11.1 Å². The molecule has 4 nitrogen and oxygen atoms in total. The molecule has 108 valence electrons. The second-order valence-corrected chi connectivity index (χ2v) is 5.10. The van der Waals surface area contributed by atoms with Crippen LogP contribution >= 0.6 is 0 Å². The topological polar surface area (TPSA) is 72.2 Å². The van der Waals surface area contributed by atoms with Crippen LogP contribution in [0, 0.1) is 13.8 Å². The highest BCUT2D eigenvalue weighted by molar-refractivity contribution is 5.97. The van der Waals surface area contributed by atoms with Crippen LogP contribution in [0.25, 0.3) is 0 Å². The molecule has 1 atom stereocenters. The normalized spacial score (nSPS) is 11.7. The van der Waals surface area contributed by atoms with E-state index in [-0.39, 0.29) is 5.91 Å². The molecule has 1 unspecified atom stereocenters. The number of nitrogens with two attached hydrogens (primary N) is 1. The number of amides is 2. The number of hydrogen-bond acceptors (Lipinski definition) is 2. The predicted molar refractivity (Wildman–Crippen MR) is 81.8 cm³/mol. The first-order valence-electron chi connectivity index (χ1n) is 6.71. The first-order chi connectivity index (χ1) is 9.97. The minimum Gasteiger partial charge on any atom is -0.368 e. The third-order valence-electron chi connectivity index (χ3n) is 3.18. The van der Waals surface area contributed by atoms with Gasteiger partial charge in [0.1, 0.15) is 6.04 Å². The zero-order valence-corrected chi connectivity index (χ0v) is 12.1. The maximum atomic E-state index is 12.3. The van der Waals surface area contributed by atoms with Crippen molar-refractivity contribution < 1.29 is 9.59 Å². The number of carbonyl (C=O) groups excluding carboxylic acids is 2. The SMILES string of the molecule is Cc1cc(C)cc(C(=O)NC(C(N)=O)c2ccccc2)c1. The molecule has 2 amide bonds. The third-order valence-corrected chi connectivity index (χ3v) is 3.18. The zero-order valence-electron chi connectivity index (χ0n) is 12.1. The molecule has 0 radical (unpaired) electrons. The largest absolute Gasteiger partial charge is 0.368 e. The van der Waals surface area contributed by atoms with Gasteiger partial charge in [-0.05, 0) is 31.5 Å². The molecule has 0 aromatic heterocycles. The van der Waals surface area contributed by atoms with Gasteiger partial charge in [-0.3, -0.25) is 9.59 Å². The molecule has 0 spiro atoms. The minimum atomic E-state index is -0.834. The van der Waals surface area contributed by atoms with Crippen LogP contribution in [-0.4, -0.2) is 11.8 Å². The Balaban J connectivity index is 2.25. The maximum absolute atomic E-state index is 12.3. The van der Waals surface area contributed by atoms with Gasteiger partial charge < -0.3 is 11.1 Å². The van der Waals surface area contributed by atoms with Crippen LogP contribution in [0.2, 0.25) is 0 Å². The molecule has 0 saturated carbocycles. The number of carbonyl (C=O) groups is 2. The Bertz CT molecular complexity index is 645. The van der Waals surface area contributed by atoms with Crippen molar-refractivity contribution >= 4 is 11.8 Å². The summed E-state index contributed by atoms with van der Waals surface area (Å²) in [6, 6.07) is 13.7. The lowest BCUT2D eigenvalue weighted by atomic mass is 10.0. The molecule has 0 aliphatic rings. The zero-order chi connectivity index (χ0) is 15.4. The summed E-state index contributed by atoms with van der Waals surface area (Å²) in [6.45, 7) is 3.85. The molecular formula is C17H18N2O2. The Kier molecular flexibility index (Phi) is 4.38. The van der Waals surface area contributed by atoms with E-state index in [9.17, 15) is 9.59 Å². The highest BCUT2D eigenvalue weighted by Gasteiger charge is 2.20. The van der Waals surface area contributed by atoms with E-state index in [4.69, 9.17) is 5.73 Å². The first-order valence-corrected chi connectivity index (χ1v) is 6.71. The van der Waals surface area contributed by atoms with Crippen molar-refractivity contribution in [2.24, 2.45) is 5.73 Å². The summed E-state index contributed by atoms with van der Waals surface area (Å²) in [7, 11) is 0. The summed E-state index contributed by atoms with van der Waals surface area (Å²) in [5.74, 6) is -0.895. The van der Waals surface area contributed by atoms with Crippen molar-refractivity contribution in [1.29, 1.82) is 0 Å². The maximum Gasteiger partial charge on any atom is 0.252 e. The van der Waals surface area contributed by atoms with Crippen molar-refractivity contribution in [2.75, 3.05) is 0 Å². The molecule has 0 aliphatic heterocycles. The highest BCUT2D eigenvalue weighted by Crippen LogP contribution is 2.14. The molecule has 0 bridgehead atoms. The molecule has 2 aromatic carbocycles. The average Bonchev–Trinajstić information content (AvgIpc) is 2.44. The summed E-state index contributed by atoms with van der Waals surface area (Å²) in [5, 5.41) is 2.69. The van der Waals surface area contributed by atoms with Crippen molar-refractivity contribution in [1.82, 2.24) is 5.32 Å². The molecule has 4 heteroatoms. The number of benzene rings is 2. The molecule has 2 aromatic rings. The number of nitrogens with one attached hydrogen (secondary N) is 1. The molecule has 21 heavy (non-hydrogen) atoms. The van der Waals surface area contributed by atoms with Crippen LogP contribution < -0.4 is 11.1 Å². The Labute approximate surface area is 124 Å². The Morgan fingerprint density at radius 3 is 2.10 bits per heavy atom. The van der Waals surface area contributed by atoms with E-state index < -0.39 is 11.9 Å². The van der Waals surface area contributed by atoms with Crippen molar-refractivity contribution in [3.8, 4) is 0 Å². The van der Waals surface area contributed by atoms with Crippen LogP contribution in [0.4, 0.5) is 0 Å². The lowest BCUT2D eigenvalue weighted by Gasteiger charge is -2.16. The first kappa shape index (κ1) is 14.8. The van der Waals surface area contributed by atoms with Gasteiger partial charge >= 0.3 is 0 Å². The van der Waals surface area contributed by atoms with Gasteiger partial charge in [0.2, 0.25) is 5.91 Å². The monoisotopic (exact) mass is 282 g/mol. The number of primary amides is 1. The van der Waals surface area contributed by atoms with Gasteiger partial charge in [0.25, 0.3) is 5.91 Å². The van der Waals surface area contributed by atoms with Crippen LogP contribution in [-0.2, 0) is 4.79 Å². The summed E-state index contributed by atoms with van der Waals surface area (Å²) < 4.78 is 0. The lowest BCUT2D eigenvalue weighted by molar-refractivity contribution is -0.120. The van der Waals surface area contributed by atoms with Gasteiger partial charge in [0.05, 0.1) is 0 Å². The van der Waals surface area contributed by atoms with Crippen LogP contribution in [0.5, 0.6) is 0 Å². The summed E-state index contributed by atoms with van der Waals surface area (Å²) in [6.07, 6.45) is 0. The van der Waals surface area contributed by atoms with E-state index >= 15 is 0 Å². The van der Waals surface area contributed by atoms with Crippen LogP contribution in [0.1, 0.15) is 33.1 Å². The van der Waals surface area contributed by atoms with E-state index in [2.05, 4.69) is 5.32 Å². The lowest BCUT2D eigenvalue weighted by Crippen LogP contribution is -2.37. The Morgan fingerprint density at radius 2 is 1.57 bits per heavy atom. The standard InChI is InChI=1S/C17H18N2O2/c1-11-8-12(2)10-14(9-11)17(21)19-15(16(18)20)13-6-4-3-5-7-13/h3-10,15H,1-2H3,(H2,18,20)(H,19,21). The fraction of sp³-hybridized carbons (Fsp3) is 0.176. The van der Waals surface area contributed by atoms with Crippen LogP contribution in [0.15, 0.2) is 48.5 Å². The smallest absolute Gasteiger partial charge is 0.252 e. The van der Waals surface area contributed by atoms with Gasteiger partial charge in [-0.15, -0.1) is 0 Å². The molecule has 0 fully saturated rings. The molecule has 2 rings (SSSR count). The Hall–Kier alpha value is -2.62. The fourth-order valence-electron chi connectivity index (χ4n) is 2.28. The molecule has 0 aliphatic carbocycles. The predicted octanol–water partition coefficient (Wildman–Crippen LogP) is 2.26. The number of aryl methyl sites for hydroxylation is 2. The second-order valence-electron chi connectivity index (χ2n) is 5.10. The van der Waals surface area contributed by atoms with Crippen molar-refractivity contribution in [2.45, 2.75) is 19.9 Å². The average molecular weight is 282 g/mol. The van der Waals surface area contributed by atoms with E-state index in [1.807, 2.05) is 26.0 Å². The van der Waals surface area contributed by atoms with E-state index in [1.54, 1.807) is 36.4 Å². The van der Waals surface area contributed by atoms with Gasteiger partial charge in [0, 0.05) is 5.56 Å². The van der Waals surface area contributed by atoms with Gasteiger partial charge in [-0.25, -0.2) is 0 Å². The van der Waals surface area contributed by atoms with Gasteiger partial charge in [0.15, 0.2) is 0 Å². The summed E-state index contributed by atoms with van der Waals surface area (Å²) in [5.41, 5.74) is 8.58. The van der Waals surface area contributed by atoms with E-state index in [0.717, 1.165) is 11.1 Å². The molecule has 3 N–H and O–H groups in total. The Morgan fingerprint density at radius 1 is 1.00 bits per heavy atom. The highest BCUT2D eigenvalue weighted by atomic mass is 16.2. The number of hydrogen-bond donors (Lipinski definition) is 2. The minimum absolute atomic E-state index is 0.311. The van der Waals surface area contributed by atoms with Crippen LogP contribution in [0.3, 0.4) is 0 Å². The summed E-state index contributed by atoms with van der Waals surface area (Å²) in [4.78, 5) is 23.9. The molecule has 0 saturated heterocycles. The van der Waals surface area contributed by atoms with Crippen molar-refractivity contribution in [3.05, 3.63) is 70.8 Å². The van der Waals surface area contributed by atoms with Crippen molar-refractivity contribution in [3.63, 3.8) is 0 Å². The number of rotatable bonds is 4. The molecular weight excluding hydrogens is 264 g/mol. The van der Waals surface area contributed by atoms with Gasteiger partial charge in [-0.2, -0.15) is 0 Å². The third kappa shape index (κ3) is 3.69. The van der Waals surface area contributed by atoms with Gasteiger partial charge in [-0.1, -0.05) is 47.5 Å². The second kappa shape index (κ2) is 6.22.